The minimum absolute atomic E-state index is 0.0350. The molecule has 0 saturated carbocycles. The van der Waals surface area contributed by atoms with Gasteiger partial charge in [0.25, 0.3) is 5.91 Å². The van der Waals surface area contributed by atoms with Crippen molar-refractivity contribution in [1.29, 1.82) is 0 Å². The molecular formula is C30H42N4O5. The van der Waals surface area contributed by atoms with Crippen LogP contribution in [0.3, 0.4) is 0 Å². The van der Waals surface area contributed by atoms with E-state index in [-0.39, 0.29) is 25.3 Å². The van der Waals surface area contributed by atoms with Crippen molar-refractivity contribution in [2.45, 2.75) is 85.4 Å². The molecule has 0 aliphatic carbocycles. The van der Waals surface area contributed by atoms with Gasteiger partial charge in [0.1, 0.15) is 17.7 Å². The second-order valence-corrected chi connectivity index (χ2v) is 10.8. The largest absolute Gasteiger partial charge is 0.444 e. The van der Waals surface area contributed by atoms with Crippen molar-refractivity contribution < 1.29 is 23.9 Å². The van der Waals surface area contributed by atoms with E-state index in [1.54, 1.807) is 20.8 Å². The van der Waals surface area contributed by atoms with E-state index in [1.165, 1.54) is 4.90 Å². The van der Waals surface area contributed by atoms with Crippen LogP contribution < -0.4 is 16.4 Å². The molecule has 4 N–H and O–H groups in total. The first-order valence-corrected chi connectivity index (χ1v) is 13.3. The zero-order valence-corrected chi connectivity index (χ0v) is 24.1. The number of aryl methyl sites for hydroxylation is 3. The van der Waals surface area contributed by atoms with Crippen LogP contribution in [0.1, 0.15) is 75.3 Å². The maximum Gasteiger partial charge on any atom is 0.408 e. The van der Waals surface area contributed by atoms with Gasteiger partial charge in [-0.15, -0.1) is 0 Å². The van der Waals surface area contributed by atoms with E-state index < -0.39 is 35.6 Å². The second kappa shape index (κ2) is 13.8. The third-order valence-electron chi connectivity index (χ3n) is 6.10. The molecule has 0 fully saturated rings. The normalized spacial score (nSPS) is 12.7. The fraction of sp³-hybridized carbons (Fsp3) is 0.467. The molecule has 0 bridgehead atoms. The summed E-state index contributed by atoms with van der Waals surface area (Å²) in [6, 6.07) is 11.0. The molecule has 9 heteroatoms. The highest BCUT2D eigenvalue weighted by Crippen LogP contribution is 2.28. The van der Waals surface area contributed by atoms with Crippen LogP contribution in [-0.4, -0.2) is 46.9 Å². The number of primary amides is 1. The molecule has 0 aromatic heterocycles. The molecule has 0 saturated heterocycles. The maximum atomic E-state index is 14.0. The van der Waals surface area contributed by atoms with Gasteiger partial charge in [-0.2, -0.15) is 0 Å². The van der Waals surface area contributed by atoms with Gasteiger partial charge in [-0.05, 0) is 71.1 Å². The van der Waals surface area contributed by atoms with Crippen molar-refractivity contribution >= 4 is 29.5 Å². The summed E-state index contributed by atoms with van der Waals surface area (Å²) in [6.45, 7) is 13.0. The Kier molecular flexibility index (Phi) is 11.1. The molecule has 9 nitrogen and oxygen atoms in total. The number of anilines is 1. The Hall–Kier alpha value is -3.88. The number of carbonyl (C=O) groups is 4. The first kappa shape index (κ1) is 31.3. The van der Waals surface area contributed by atoms with Crippen molar-refractivity contribution in [3.8, 4) is 0 Å². The second-order valence-electron chi connectivity index (χ2n) is 10.8. The van der Waals surface area contributed by atoms with E-state index >= 15 is 0 Å². The van der Waals surface area contributed by atoms with Crippen molar-refractivity contribution in [2.24, 2.45) is 5.73 Å². The number of nitrogens with zero attached hydrogens (tertiary/aromatic N) is 1. The minimum Gasteiger partial charge on any atom is -0.444 e. The number of para-hydroxylation sites is 1. The number of hydrogen-bond donors (Lipinski definition) is 3. The number of benzene rings is 2. The van der Waals surface area contributed by atoms with E-state index in [2.05, 4.69) is 10.6 Å². The highest BCUT2D eigenvalue weighted by molar-refractivity contribution is 6.00. The summed E-state index contributed by atoms with van der Waals surface area (Å²) in [6.07, 6.45) is -0.406. The van der Waals surface area contributed by atoms with Crippen LogP contribution in [0.15, 0.2) is 42.5 Å². The van der Waals surface area contributed by atoms with Crippen LogP contribution >= 0.6 is 0 Å². The maximum absolute atomic E-state index is 14.0. The van der Waals surface area contributed by atoms with Gasteiger partial charge in [0.2, 0.25) is 11.8 Å². The Balaban J connectivity index is 2.53. The summed E-state index contributed by atoms with van der Waals surface area (Å²) in [5, 5.41) is 5.63. The number of nitrogens with one attached hydrogen (secondary N) is 2. The van der Waals surface area contributed by atoms with Crippen LogP contribution in [0.2, 0.25) is 0 Å². The minimum atomic E-state index is -1.13. The van der Waals surface area contributed by atoms with Gasteiger partial charge in [0.05, 0.1) is 0 Å². The molecule has 212 valence electrons. The summed E-state index contributed by atoms with van der Waals surface area (Å²) in [7, 11) is 0. The topological polar surface area (TPSA) is 131 Å². The van der Waals surface area contributed by atoms with Crippen molar-refractivity contribution in [3.63, 3.8) is 0 Å². The number of carbonyl (C=O) groups excluding carboxylic acids is 4. The number of alkyl carbamates (subject to hydrolysis) is 1. The lowest BCUT2D eigenvalue weighted by atomic mass is 9.99. The standard InChI is InChI=1S/C30H42N4O5/c1-8-18-34(28(37)23(16-17-24(31)35)32-29(38)39-30(5,6)7)26(22-14-12-19(2)13-15-22)27(36)33-25-20(3)10-9-11-21(25)4/h9-15,23,26H,8,16-18H2,1-7H3,(H2,31,35)(H,32,38)(H,33,36). The molecule has 0 aliphatic heterocycles. The highest BCUT2D eigenvalue weighted by Gasteiger charge is 2.36. The number of hydrogen-bond acceptors (Lipinski definition) is 5. The van der Waals surface area contributed by atoms with Gasteiger partial charge in [-0.3, -0.25) is 14.4 Å². The zero-order chi connectivity index (χ0) is 29.3. The van der Waals surface area contributed by atoms with Crippen LogP contribution in [-0.2, 0) is 19.1 Å². The van der Waals surface area contributed by atoms with Crippen LogP contribution in [0.25, 0.3) is 0 Å². The molecule has 39 heavy (non-hydrogen) atoms. The van der Waals surface area contributed by atoms with Gasteiger partial charge in [0.15, 0.2) is 0 Å². The van der Waals surface area contributed by atoms with Gasteiger partial charge in [0, 0.05) is 18.7 Å². The van der Waals surface area contributed by atoms with Gasteiger partial charge >= 0.3 is 6.09 Å². The van der Waals surface area contributed by atoms with Gasteiger partial charge < -0.3 is 26.0 Å². The Morgan fingerprint density at radius 1 is 0.974 bits per heavy atom. The summed E-state index contributed by atoms with van der Waals surface area (Å²) < 4.78 is 5.36. The summed E-state index contributed by atoms with van der Waals surface area (Å²) in [4.78, 5) is 53.6. The highest BCUT2D eigenvalue weighted by atomic mass is 16.6. The Labute approximate surface area is 231 Å². The predicted octanol–water partition coefficient (Wildman–Crippen LogP) is 4.69. The van der Waals surface area contributed by atoms with E-state index in [9.17, 15) is 19.2 Å². The molecule has 2 aromatic rings. The molecule has 4 amide bonds. The molecule has 0 heterocycles. The summed E-state index contributed by atoms with van der Waals surface area (Å²) in [5.41, 5.74) is 8.67. The average molecular weight is 539 g/mol. The molecule has 2 aromatic carbocycles. The van der Waals surface area contributed by atoms with E-state index in [4.69, 9.17) is 10.5 Å². The molecule has 2 rings (SSSR count). The van der Waals surface area contributed by atoms with Crippen LogP contribution in [0, 0.1) is 20.8 Å². The lowest BCUT2D eigenvalue weighted by Crippen LogP contribution is -2.52. The molecule has 0 spiro atoms. The Morgan fingerprint density at radius 3 is 2.08 bits per heavy atom. The number of ether oxygens (including phenoxy) is 1. The van der Waals surface area contributed by atoms with E-state index in [1.807, 2.05) is 70.2 Å². The quantitative estimate of drug-likeness (QED) is 0.382. The van der Waals surface area contributed by atoms with Crippen molar-refractivity contribution in [2.75, 3.05) is 11.9 Å². The van der Waals surface area contributed by atoms with E-state index in [0.717, 1.165) is 16.7 Å². The summed E-state index contributed by atoms with van der Waals surface area (Å²) in [5.74, 6) is -1.50. The smallest absolute Gasteiger partial charge is 0.408 e. The van der Waals surface area contributed by atoms with Crippen LogP contribution in [0.5, 0.6) is 0 Å². The lowest BCUT2D eigenvalue weighted by Gasteiger charge is -2.34. The number of nitrogens with two attached hydrogens (primary N) is 1. The Morgan fingerprint density at radius 2 is 1.56 bits per heavy atom. The molecule has 2 unspecified atom stereocenters. The van der Waals surface area contributed by atoms with Gasteiger partial charge in [-0.25, -0.2) is 4.79 Å². The average Bonchev–Trinajstić information content (AvgIpc) is 2.83. The zero-order valence-electron chi connectivity index (χ0n) is 24.1. The fourth-order valence-corrected chi connectivity index (χ4v) is 4.23. The first-order chi connectivity index (χ1) is 18.2. The van der Waals surface area contributed by atoms with Gasteiger partial charge in [-0.1, -0.05) is 55.0 Å². The first-order valence-electron chi connectivity index (χ1n) is 13.3. The predicted molar refractivity (Wildman–Crippen MR) is 152 cm³/mol. The van der Waals surface area contributed by atoms with Crippen LogP contribution in [0.4, 0.5) is 10.5 Å². The SMILES string of the molecule is CCCN(C(=O)C(CCC(N)=O)NC(=O)OC(C)(C)C)C(C(=O)Nc1c(C)cccc1C)c1ccc(C)cc1. The fourth-order valence-electron chi connectivity index (χ4n) is 4.23. The van der Waals surface area contributed by atoms with E-state index in [0.29, 0.717) is 17.7 Å². The van der Waals surface area contributed by atoms with Crippen molar-refractivity contribution in [1.82, 2.24) is 10.2 Å². The summed E-state index contributed by atoms with van der Waals surface area (Å²) >= 11 is 0. The Bertz CT molecular complexity index is 1150. The monoisotopic (exact) mass is 538 g/mol. The number of amides is 4. The number of rotatable bonds is 11. The third kappa shape index (κ3) is 9.42. The molecule has 0 aliphatic rings. The third-order valence-corrected chi connectivity index (χ3v) is 6.10. The molecular weight excluding hydrogens is 496 g/mol. The lowest BCUT2D eigenvalue weighted by molar-refractivity contribution is -0.141. The van der Waals surface area contributed by atoms with Crippen molar-refractivity contribution in [3.05, 3.63) is 64.7 Å². The molecule has 0 radical (unpaired) electrons. The molecule has 2 atom stereocenters.